The molecule has 5 N–H and O–H groups in total. The first-order valence-electron chi connectivity index (χ1n) is 9.90. The van der Waals surface area contributed by atoms with E-state index in [9.17, 15) is 18.3 Å². The van der Waals surface area contributed by atoms with Crippen LogP contribution in [0, 0.1) is 0 Å². The highest BCUT2D eigenvalue weighted by atomic mass is 19.4. The van der Waals surface area contributed by atoms with E-state index in [1.165, 1.54) is 6.07 Å². The predicted octanol–water partition coefficient (Wildman–Crippen LogP) is 2.98. The van der Waals surface area contributed by atoms with E-state index in [0.29, 0.717) is 28.4 Å². The van der Waals surface area contributed by atoms with Gasteiger partial charge in [-0.05, 0) is 43.7 Å². The van der Waals surface area contributed by atoms with Crippen molar-refractivity contribution < 1.29 is 38.1 Å². The number of nitrogens with one attached hydrogen (secondary N) is 2. The van der Waals surface area contributed by atoms with Crippen LogP contribution >= 0.6 is 0 Å². The Morgan fingerprint density at radius 1 is 1.09 bits per heavy atom. The molecule has 182 valence electrons. The molecule has 1 aliphatic heterocycles. The summed E-state index contributed by atoms with van der Waals surface area (Å²) in [7, 11) is 0. The van der Waals surface area contributed by atoms with Crippen molar-refractivity contribution in [2.75, 3.05) is 18.4 Å². The minimum atomic E-state index is -4.53. The molecule has 1 aliphatic rings. The van der Waals surface area contributed by atoms with Crippen LogP contribution in [-0.4, -0.2) is 62.6 Å². The van der Waals surface area contributed by atoms with E-state index in [0.717, 1.165) is 32.0 Å². The zero-order chi connectivity index (χ0) is 25.1. The standard InChI is InChI=1S/C19H18F3N5O.2CH2O2/c20-19(21,22)11-3-4-14(16(28)8-11)17-13-5-7-24-10-15(13)18(27-26-17)25-12-2-1-6-23-9-12;2*2-1-3/h3-5,7-8,10,12,23,28H,1-2,6,9H2,(H,25,27);2*1H,(H,2,3)/t12-;;/m1../s1. The van der Waals surface area contributed by atoms with Gasteiger partial charge in [-0.1, -0.05) is 0 Å². The molecule has 3 aromatic rings. The van der Waals surface area contributed by atoms with E-state index < -0.39 is 17.5 Å². The Hall–Kier alpha value is -4.00. The highest BCUT2D eigenvalue weighted by Crippen LogP contribution is 2.38. The van der Waals surface area contributed by atoms with Crippen molar-refractivity contribution in [2.45, 2.75) is 25.1 Å². The van der Waals surface area contributed by atoms with E-state index in [2.05, 4.69) is 25.8 Å². The quantitative estimate of drug-likeness (QED) is 0.352. The maximum Gasteiger partial charge on any atom is 0.416 e. The second kappa shape index (κ2) is 12.3. The van der Waals surface area contributed by atoms with Gasteiger partial charge in [-0.25, -0.2) is 0 Å². The topological polar surface area (TPSA) is 158 Å². The molecule has 34 heavy (non-hydrogen) atoms. The van der Waals surface area contributed by atoms with E-state index in [-0.39, 0.29) is 24.5 Å². The van der Waals surface area contributed by atoms with Crippen LogP contribution in [0.2, 0.25) is 0 Å². The Morgan fingerprint density at radius 2 is 1.79 bits per heavy atom. The second-order valence-corrected chi connectivity index (χ2v) is 6.95. The minimum absolute atomic E-state index is 0.183. The number of nitrogens with zero attached hydrogens (tertiary/aromatic N) is 3. The summed E-state index contributed by atoms with van der Waals surface area (Å²) in [6.45, 7) is 1.29. The van der Waals surface area contributed by atoms with Gasteiger partial charge in [0.1, 0.15) is 11.4 Å². The number of fused-ring (bicyclic) bond motifs is 1. The third-order valence-electron chi connectivity index (χ3n) is 4.80. The molecule has 1 saturated heterocycles. The number of benzene rings is 1. The largest absolute Gasteiger partial charge is 0.507 e. The van der Waals surface area contributed by atoms with Crippen LogP contribution in [0.5, 0.6) is 5.75 Å². The minimum Gasteiger partial charge on any atom is -0.507 e. The van der Waals surface area contributed by atoms with Crippen LogP contribution < -0.4 is 10.6 Å². The second-order valence-electron chi connectivity index (χ2n) is 6.95. The Labute approximate surface area is 191 Å². The molecule has 1 fully saturated rings. The van der Waals surface area contributed by atoms with Crippen molar-refractivity contribution >= 4 is 29.5 Å². The summed E-state index contributed by atoms with van der Waals surface area (Å²) in [5, 5.41) is 40.4. The number of carbonyl (C=O) groups is 2. The number of aromatic hydroxyl groups is 1. The van der Waals surface area contributed by atoms with Gasteiger partial charge in [0.2, 0.25) is 0 Å². The van der Waals surface area contributed by atoms with E-state index in [1.54, 1.807) is 18.5 Å². The normalized spacial score (nSPS) is 15.2. The summed E-state index contributed by atoms with van der Waals surface area (Å²) in [5.74, 6) is 0.0615. The zero-order valence-electron chi connectivity index (χ0n) is 17.7. The predicted molar refractivity (Wildman–Crippen MR) is 116 cm³/mol. The van der Waals surface area contributed by atoms with Gasteiger partial charge < -0.3 is 26.0 Å². The average molecular weight is 481 g/mol. The van der Waals surface area contributed by atoms with Crippen LogP contribution in [0.25, 0.3) is 22.0 Å². The van der Waals surface area contributed by atoms with Gasteiger partial charge in [0.25, 0.3) is 12.9 Å². The van der Waals surface area contributed by atoms with Crippen LogP contribution in [0.1, 0.15) is 18.4 Å². The molecule has 0 unspecified atom stereocenters. The lowest BCUT2D eigenvalue weighted by Gasteiger charge is -2.24. The monoisotopic (exact) mass is 481 g/mol. The van der Waals surface area contributed by atoms with E-state index in [1.807, 2.05) is 0 Å². The molecule has 0 radical (unpaired) electrons. The molecule has 0 bridgehead atoms. The Morgan fingerprint density at radius 3 is 2.38 bits per heavy atom. The third-order valence-corrected chi connectivity index (χ3v) is 4.80. The number of halogens is 3. The number of carboxylic acid groups (broad SMARTS) is 2. The van der Waals surface area contributed by atoms with Crippen LogP contribution in [0.4, 0.5) is 19.0 Å². The highest BCUT2D eigenvalue weighted by molar-refractivity contribution is 6.00. The van der Waals surface area contributed by atoms with E-state index >= 15 is 0 Å². The molecular formula is C21H22F3N5O5. The third kappa shape index (κ3) is 6.75. The summed E-state index contributed by atoms with van der Waals surface area (Å²) < 4.78 is 38.6. The number of alkyl halides is 3. The molecule has 0 aliphatic carbocycles. The SMILES string of the molecule is O=CO.O=CO.Oc1cc(C(F)(F)F)ccc1-c1nnc(N[C@@H]2CCCNC2)c2cnccc12. The van der Waals surface area contributed by atoms with Gasteiger partial charge in [0.15, 0.2) is 5.82 Å². The number of phenols is 1. The highest BCUT2D eigenvalue weighted by Gasteiger charge is 2.31. The maximum absolute atomic E-state index is 12.9. The Bertz CT molecular complexity index is 1100. The molecule has 13 heteroatoms. The van der Waals surface area contributed by atoms with Gasteiger partial charge in [-0.2, -0.15) is 13.2 Å². The Balaban J connectivity index is 0.000000618. The van der Waals surface area contributed by atoms with Gasteiger partial charge in [0, 0.05) is 41.3 Å². The summed E-state index contributed by atoms with van der Waals surface area (Å²) >= 11 is 0. The van der Waals surface area contributed by atoms with Crippen molar-refractivity contribution in [3.63, 3.8) is 0 Å². The molecule has 3 heterocycles. The number of pyridine rings is 1. The summed E-state index contributed by atoms with van der Waals surface area (Å²) in [5.41, 5.74) is -0.436. The number of aromatic nitrogens is 3. The average Bonchev–Trinajstić information content (AvgIpc) is 2.81. The molecular weight excluding hydrogens is 459 g/mol. The lowest BCUT2D eigenvalue weighted by Crippen LogP contribution is -2.38. The first kappa shape index (κ1) is 26.3. The molecule has 1 aromatic carbocycles. The van der Waals surface area contributed by atoms with Crippen molar-refractivity contribution in [2.24, 2.45) is 0 Å². The fourth-order valence-corrected chi connectivity index (χ4v) is 3.38. The number of phenolic OH excluding ortho intramolecular Hbond substituents is 1. The molecule has 4 rings (SSSR count). The van der Waals surface area contributed by atoms with Gasteiger partial charge in [-0.15, -0.1) is 10.2 Å². The van der Waals surface area contributed by atoms with E-state index in [4.69, 9.17) is 19.8 Å². The molecule has 1 atom stereocenters. The number of anilines is 1. The fourth-order valence-electron chi connectivity index (χ4n) is 3.38. The number of piperidine rings is 1. The van der Waals surface area contributed by atoms with Crippen molar-refractivity contribution in [3.05, 3.63) is 42.2 Å². The zero-order valence-corrected chi connectivity index (χ0v) is 17.7. The fraction of sp³-hybridized carbons (Fsp3) is 0.286. The molecule has 10 nitrogen and oxygen atoms in total. The van der Waals surface area contributed by atoms with Gasteiger partial charge >= 0.3 is 6.18 Å². The Kier molecular flexibility index (Phi) is 9.49. The molecule has 0 saturated carbocycles. The van der Waals surface area contributed by atoms with Crippen LogP contribution in [-0.2, 0) is 15.8 Å². The number of hydrogen-bond donors (Lipinski definition) is 5. The lowest BCUT2D eigenvalue weighted by atomic mass is 10.0. The molecule has 2 aromatic heterocycles. The van der Waals surface area contributed by atoms with Gasteiger partial charge in [0.05, 0.1) is 5.56 Å². The first-order valence-corrected chi connectivity index (χ1v) is 9.90. The number of rotatable bonds is 3. The molecule has 0 amide bonds. The summed E-state index contributed by atoms with van der Waals surface area (Å²) in [6, 6.07) is 4.74. The maximum atomic E-state index is 12.9. The smallest absolute Gasteiger partial charge is 0.416 e. The van der Waals surface area contributed by atoms with Crippen molar-refractivity contribution in [3.8, 4) is 17.0 Å². The van der Waals surface area contributed by atoms with Gasteiger partial charge in [-0.3, -0.25) is 14.6 Å². The first-order chi connectivity index (χ1) is 16.3. The summed E-state index contributed by atoms with van der Waals surface area (Å²) in [4.78, 5) is 20.9. The molecule has 0 spiro atoms. The van der Waals surface area contributed by atoms with Crippen LogP contribution in [0.15, 0.2) is 36.7 Å². The summed E-state index contributed by atoms with van der Waals surface area (Å²) in [6.07, 6.45) is 0.722. The van der Waals surface area contributed by atoms with Crippen molar-refractivity contribution in [1.82, 2.24) is 20.5 Å². The lowest BCUT2D eigenvalue weighted by molar-refractivity contribution is -0.137. The number of hydrogen-bond acceptors (Lipinski definition) is 8. The van der Waals surface area contributed by atoms with Crippen LogP contribution in [0.3, 0.4) is 0 Å². The van der Waals surface area contributed by atoms with Crippen molar-refractivity contribution in [1.29, 1.82) is 0 Å².